The Morgan fingerprint density at radius 1 is 0.944 bits per heavy atom. The molecular weight excluding hydrogens is 464 g/mol. The SMILES string of the molecule is CCc1cnc(N2CCC(COc3c(F)cc(-c4ccc(Cn5cnnn5)cc4)cc3F)CC2)nc1. The van der Waals surface area contributed by atoms with Crippen LogP contribution in [0.1, 0.15) is 30.9 Å². The summed E-state index contributed by atoms with van der Waals surface area (Å²) in [6.45, 7) is 4.42. The Bertz CT molecular complexity index is 1250. The molecule has 0 saturated carbocycles. The molecule has 0 amide bonds. The van der Waals surface area contributed by atoms with Crippen molar-refractivity contribution in [2.45, 2.75) is 32.7 Å². The lowest BCUT2D eigenvalue weighted by Crippen LogP contribution is -2.36. The minimum atomic E-state index is -0.704. The summed E-state index contributed by atoms with van der Waals surface area (Å²) in [4.78, 5) is 11.0. The molecule has 0 N–H and O–H groups in total. The number of ether oxygens (including phenoxy) is 1. The fraction of sp³-hybridized carbons (Fsp3) is 0.346. The Hall–Kier alpha value is -3.95. The highest BCUT2D eigenvalue weighted by Gasteiger charge is 2.23. The van der Waals surface area contributed by atoms with Crippen molar-refractivity contribution in [3.05, 3.63) is 77.9 Å². The van der Waals surface area contributed by atoms with Crippen LogP contribution in [0.15, 0.2) is 55.1 Å². The number of aromatic nitrogens is 6. The number of hydrogen-bond acceptors (Lipinski definition) is 7. The van der Waals surface area contributed by atoms with Crippen LogP contribution in [0.3, 0.4) is 0 Å². The standard InChI is InChI=1S/C26H27F2N7O/c1-2-18-13-29-26(30-14-18)34-9-7-20(8-10-34)16-36-25-23(27)11-22(12-24(25)28)21-5-3-19(4-6-21)15-35-17-31-32-33-35/h3-6,11-14,17,20H,2,7-10,15-16H2,1H3. The summed E-state index contributed by atoms with van der Waals surface area (Å²) in [5.74, 6) is -0.797. The van der Waals surface area contributed by atoms with Crippen molar-refractivity contribution in [3.8, 4) is 16.9 Å². The molecule has 0 bridgehead atoms. The maximum absolute atomic E-state index is 14.8. The number of rotatable bonds is 8. The lowest BCUT2D eigenvalue weighted by atomic mass is 9.98. The van der Waals surface area contributed by atoms with Gasteiger partial charge in [0.05, 0.1) is 13.2 Å². The molecule has 0 radical (unpaired) electrons. The van der Waals surface area contributed by atoms with E-state index in [0.717, 1.165) is 49.4 Å². The number of aryl methyl sites for hydroxylation is 1. The number of tetrazole rings is 1. The second-order valence-corrected chi connectivity index (χ2v) is 8.96. The predicted molar refractivity (Wildman–Crippen MR) is 131 cm³/mol. The average Bonchev–Trinajstić information content (AvgIpc) is 3.42. The number of benzene rings is 2. The summed E-state index contributed by atoms with van der Waals surface area (Å²) in [5.41, 5.74) is 3.24. The first kappa shape index (κ1) is 23.8. The Labute approximate surface area is 208 Å². The number of hydrogen-bond donors (Lipinski definition) is 0. The van der Waals surface area contributed by atoms with E-state index in [4.69, 9.17) is 4.74 Å². The van der Waals surface area contributed by atoms with E-state index in [2.05, 4.69) is 37.3 Å². The highest BCUT2D eigenvalue weighted by atomic mass is 19.1. The summed E-state index contributed by atoms with van der Waals surface area (Å²) in [7, 11) is 0. The second kappa shape index (κ2) is 10.8. The van der Waals surface area contributed by atoms with Crippen molar-refractivity contribution in [1.82, 2.24) is 30.2 Å². The van der Waals surface area contributed by atoms with Crippen LogP contribution in [0.5, 0.6) is 5.75 Å². The third kappa shape index (κ3) is 5.48. The van der Waals surface area contributed by atoms with Crippen LogP contribution in [-0.2, 0) is 13.0 Å². The van der Waals surface area contributed by atoms with E-state index in [1.54, 1.807) is 4.68 Å². The molecule has 4 aromatic rings. The molecule has 5 rings (SSSR count). The second-order valence-electron chi connectivity index (χ2n) is 8.96. The van der Waals surface area contributed by atoms with Gasteiger partial charge in [-0.25, -0.2) is 23.4 Å². The number of halogens is 2. The minimum absolute atomic E-state index is 0.211. The molecule has 2 aromatic heterocycles. The molecular formula is C26H27F2N7O. The van der Waals surface area contributed by atoms with Crippen LogP contribution >= 0.6 is 0 Å². The summed E-state index contributed by atoms with van der Waals surface area (Å²) in [6.07, 6.45) is 7.84. The van der Waals surface area contributed by atoms with Crippen molar-refractivity contribution in [3.63, 3.8) is 0 Å². The summed E-state index contributed by atoms with van der Waals surface area (Å²) < 4.78 is 36.8. The summed E-state index contributed by atoms with van der Waals surface area (Å²) in [5, 5.41) is 11.0. The van der Waals surface area contributed by atoms with Gasteiger partial charge in [-0.1, -0.05) is 31.2 Å². The topological polar surface area (TPSA) is 81.9 Å². The highest BCUT2D eigenvalue weighted by molar-refractivity contribution is 5.65. The van der Waals surface area contributed by atoms with E-state index in [-0.39, 0.29) is 18.3 Å². The molecule has 0 unspecified atom stereocenters. The quantitative estimate of drug-likeness (QED) is 0.363. The van der Waals surface area contributed by atoms with E-state index < -0.39 is 11.6 Å². The van der Waals surface area contributed by atoms with Gasteiger partial charge in [0.25, 0.3) is 0 Å². The molecule has 0 atom stereocenters. The Kier molecular flexibility index (Phi) is 7.11. The molecule has 3 heterocycles. The minimum Gasteiger partial charge on any atom is -0.487 e. The number of piperidine rings is 1. The lowest BCUT2D eigenvalue weighted by molar-refractivity contribution is 0.207. The molecule has 186 valence electrons. The zero-order valence-corrected chi connectivity index (χ0v) is 20.0. The van der Waals surface area contributed by atoms with Crippen molar-refractivity contribution >= 4 is 5.95 Å². The summed E-state index contributed by atoms with van der Waals surface area (Å²) >= 11 is 0. The predicted octanol–water partition coefficient (Wildman–Crippen LogP) is 4.31. The van der Waals surface area contributed by atoms with Gasteiger partial charge in [0.1, 0.15) is 6.33 Å². The van der Waals surface area contributed by atoms with E-state index >= 15 is 0 Å². The zero-order chi connectivity index (χ0) is 24.9. The lowest BCUT2D eigenvalue weighted by Gasteiger charge is -2.31. The zero-order valence-electron chi connectivity index (χ0n) is 20.0. The third-order valence-electron chi connectivity index (χ3n) is 6.48. The smallest absolute Gasteiger partial charge is 0.225 e. The Balaban J connectivity index is 1.17. The van der Waals surface area contributed by atoms with Crippen molar-refractivity contribution in [1.29, 1.82) is 0 Å². The molecule has 1 aliphatic rings. The van der Waals surface area contributed by atoms with Gasteiger partial charge < -0.3 is 9.64 Å². The first-order valence-electron chi connectivity index (χ1n) is 12.1. The van der Waals surface area contributed by atoms with Crippen LogP contribution in [0.2, 0.25) is 0 Å². The average molecular weight is 492 g/mol. The molecule has 0 spiro atoms. The molecule has 1 saturated heterocycles. The summed E-state index contributed by atoms with van der Waals surface area (Å²) in [6, 6.07) is 10.0. The Morgan fingerprint density at radius 2 is 1.64 bits per heavy atom. The monoisotopic (exact) mass is 491 g/mol. The van der Waals surface area contributed by atoms with E-state index in [1.165, 1.54) is 18.5 Å². The number of nitrogens with zero attached hydrogens (tertiary/aromatic N) is 7. The number of anilines is 1. The van der Waals surface area contributed by atoms with Gasteiger partial charge in [-0.3, -0.25) is 0 Å². The van der Waals surface area contributed by atoms with Gasteiger partial charge in [0.2, 0.25) is 5.95 Å². The molecule has 1 aliphatic heterocycles. The van der Waals surface area contributed by atoms with Crippen molar-refractivity contribution in [2.75, 3.05) is 24.6 Å². The molecule has 36 heavy (non-hydrogen) atoms. The maximum Gasteiger partial charge on any atom is 0.225 e. The van der Waals surface area contributed by atoms with Gasteiger partial charge >= 0.3 is 0 Å². The van der Waals surface area contributed by atoms with Gasteiger partial charge in [0.15, 0.2) is 17.4 Å². The largest absolute Gasteiger partial charge is 0.487 e. The molecule has 8 nitrogen and oxygen atoms in total. The normalized spacial score (nSPS) is 14.2. The fourth-order valence-electron chi connectivity index (χ4n) is 4.30. The van der Waals surface area contributed by atoms with Crippen molar-refractivity contribution < 1.29 is 13.5 Å². The third-order valence-corrected chi connectivity index (χ3v) is 6.48. The van der Waals surface area contributed by atoms with E-state index in [1.807, 2.05) is 36.7 Å². The van der Waals surface area contributed by atoms with Crippen LogP contribution in [0.4, 0.5) is 14.7 Å². The van der Waals surface area contributed by atoms with Gasteiger partial charge in [-0.15, -0.1) is 5.10 Å². The van der Waals surface area contributed by atoms with E-state index in [0.29, 0.717) is 17.7 Å². The van der Waals surface area contributed by atoms with Crippen LogP contribution < -0.4 is 9.64 Å². The Morgan fingerprint density at radius 3 is 2.25 bits per heavy atom. The van der Waals surface area contributed by atoms with Gasteiger partial charge in [0, 0.05) is 25.5 Å². The first-order chi connectivity index (χ1) is 17.6. The fourth-order valence-corrected chi connectivity index (χ4v) is 4.30. The molecule has 10 heteroatoms. The van der Waals surface area contributed by atoms with Crippen molar-refractivity contribution in [2.24, 2.45) is 5.92 Å². The van der Waals surface area contributed by atoms with Gasteiger partial charge in [-0.05, 0) is 70.0 Å². The molecule has 1 fully saturated rings. The molecule has 2 aromatic carbocycles. The maximum atomic E-state index is 14.8. The van der Waals surface area contributed by atoms with E-state index in [9.17, 15) is 8.78 Å². The van der Waals surface area contributed by atoms with Crippen LogP contribution in [0, 0.1) is 17.6 Å². The van der Waals surface area contributed by atoms with Crippen LogP contribution in [0.25, 0.3) is 11.1 Å². The van der Waals surface area contributed by atoms with Gasteiger partial charge in [-0.2, -0.15) is 0 Å². The molecule has 0 aliphatic carbocycles. The van der Waals surface area contributed by atoms with Crippen LogP contribution in [-0.4, -0.2) is 49.9 Å². The first-order valence-corrected chi connectivity index (χ1v) is 12.1. The highest BCUT2D eigenvalue weighted by Crippen LogP contribution is 2.30.